The minimum absolute atomic E-state index is 0.0878. The molecular weight excluding hydrogens is 372 g/mol. The first-order chi connectivity index (χ1) is 11.4. The fourth-order valence-corrected chi connectivity index (χ4v) is 2.85. The predicted molar refractivity (Wildman–Crippen MR) is 96.1 cm³/mol. The van der Waals surface area contributed by atoms with E-state index in [2.05, 4.69) is 31.2 Å². The van der Waals surface area contributed by atoms with Crippen LogP contribution in [0.25, 0.3) is 11.3 Å². The zero-order chi connectivity index (χ0) is 17.3. The van der Waals surface area contributed by atoms with Crippen LogP contribution in [-0.4, -0.2) is 38.6 Å². The highest BCUT2D eigenvalue weighted by molar-refractivity contribution is 9.10. The number of anilines is 1. The summed E-state index contributed by atoms with van der Waals surface area (Å²) in [5.41, 5.74) is 3.35. The van der Waals surface area contributed by atoms with Crippen molar-refractivity contribution in [2.75, 3.05) is 19.0 Å². The summed E-state index contributed by atoms with van der Waals surface area (Å²) >= 11 is 3.33. The van der Waals surface area contributed by atoms with Gasteiger partial charge in [0.15, 0.2) is 0 Å². The number of halogens is 1. The van der Waals surface area contributed by atoms with Gasteiger partial charge in [-0.25, -0.2) is 4.68 Å². The maximum Gasteiger partial charge on any atom is 0.253 e. The molecule has 24 heavy (non-hydrogen) atoms. The fraction of sp³-hybridized carbons (Fsp3) is 0.250. The number of pyridine rings is 2. The molecule has 0 atom stereocenters. The number of aromatic nitrogens is 5. The van der Waals surface area contributed by atoms with E-state index in [-0.39, 0.29) is 5.56 Å². The molecule has 0 aromatic carbocycles. The molecule has 7 nitrogen and oxygen atoms in total. The van der Waals surface area contributed by atoms with E-state index < -0.39 is 0 Å². The van der Waals surface area contributed by atoms with Crippen LogP contribution >= 0.6 is 15.9 Å². The van der Waals surface area contributed by atoms with Gasteiger partial charge in [0.1, 0.15) is 12.4 Å². The van der Waals surface area contributed by atoms with Gasteiger partial charge in [0.2, 0.25) is 0 Å². The summed E-state index contributed by atoms with van der Waals surface area (Å²) in [6, 6.07) is 5.43. The van der Waals surface area contributed by atoms with E-state index in [0.717, 1.165) is 21.4 Å². The Hall–Kier alpha value is -2.48. The van der Waals surface area contributed by atoms with Crippen molar-refractivity contribution in [3.05, 3.63) is 57.3 Å². The predicted octanol–water partition coefficient (Wildman–Crippen LogP) is 2.14. The topological polar surface area (TPSA) is 68.8 Å². The van der Waals surface area contributed by atoms with Crippen LogP contribution in [0.3, 0.4) is 0 Å². The Morgan fingerprint density at radius 2 is 2.00 bits per heavy atom. The molecule has 0 aliphatic rings. The van der Waals surface area contributed by atoms with Crippen molar-refractivity contribution in [1.29, 1.82) is 0 Å². The van der Waals surface area contributed by atoms with Gasteiger partial charge in [-0.3, -0.25) is 14.3 Å². The summed E-state index contributed by atoms with van der Waals surface area (Å²) < 4.78 is 4.05. The van der Waals surface area contributed by atoms with Gasteiger partial charge in [-0.1, -0.05) is 21.1 Å². The molecule has 0 saturated heterocycles. The summed E-state index contributed by atoms with van der Waals surface area (Å²) in [5, 5.41) is 8.31. The first-order valence-corrected chi connectivity index (χ1v) is 8.13. The molecule has 0 saturated carbocycles. The third-order valence-electron chi connectivity index (χ3n) is 3.66. The van der Waals surface area contributed by atoms with Gasteiger partial charge in [-0.15, -0.1) is 5.10 Å². The van der Waals surface area contributed by atoms with E-state index in [1.807, 2.05) is 44.2 Å². The van der Waals surface area contributed by atoms with E-state index in [9.17, 15) is 4.79 Å². The summed E-state index contributed by atoms with van der Waals surface area (Å²) in [5.74, 6) is 0. The molecule has 0 amide bonds. The van der Waals surface area contributed by atoms with Gasteiger partial charge >= 0.3 is 0 Å². The second-order valence-corrected chi connectivity index (χ2v) is 6.61. The lowest BCUT2D eigenvalue weighted by Gasteiger charge is -2.12. The van der Waals surface area contributed by atoms with Crippen molar-refractivity contribution >= 4 is 21.6 Å². The molecule has 124 valence electrons. The van der Waals surface area contributed by atoms with Crippen LogP contribution in [-0.2, 0) is 6.67 Å². The Labute approximate surface area is 147 Å². The normalized spacial score (nSPS) is 10.8. The molecule has 0 aliphatic carbocycles. The largest absolute Gasteiger partial charge is 0.376 e. The van der Waals surface area contributed by atoms with Crippen molar-refractivity contribution < 1.29 is 0 Å². The Morgan fingerprint density at radius 1 is 1.21 bits per heavy atom. The Bertz CT molecular complexity index is 930. The van der Waals surface area contributed by atoms with Crippen molar-refractivity contribution in [2.24, 2.45) is 0 Å². The summed E-state index contributed by atoms with van der Waals surface area (Å²) in [7, 11) is 3.92. The molecule has 3 heterocycles. The lowest BCUT2D eigenvalue weighted by Crippen LogP contribution is -2.25. The summed E-state index contributed by atoms with van der Waals surface area (Å²) in [4.78, 5) is 18.3. The zero-order valence-electron chi connectivity index (χ0n) is 13.6. The van der Waals surface area contributed by atoms with Gasteiger partial charge in [-0.05, 0) is 19.1 Å². The molecular formula is C16H17BrN6O. The third-order valence-corrected chi connectivity index (χ3v) is 4.12. The van der Waals surface area contributed by atoms with Crippen molar-refractivity contribution in [1.82, 2.24) is 24.5 Å². The monoisotopic (exact) mass is 388 g/mol. The summed E-state index contributed by atoms with van der Waals surface area (Å²) in [6.07, 6.45) is 5.35. The molecule has 0 unspecified atom stereocenters. The van der Waals surface area contributed by atoms with Crippen LogP contribution in [0, 0.1) is 6.92 Å². The van der Waals surface area contributed by atoms with Crippen LogP contribution in [0.15, 0.2) is 46.1 Å². The molecule has 0 radical (unpaired) electrons. The van der Waals surface area contributed by atoms with Gasteiger partial charge in [0.05, 0.1) is 18.1 Å². The smallest absolute Gasteiger partial charge is 0.253 e. The molecule has 0 aliphatic heterocycles. The van der Waals surface area contributed by atoms with Crippen LogP contribution in [0.5, 0.6) is 0 Å². The van der Waals surface area contributed by atoms with Crippen LogP contribution in [0.1, 0.15) is 5.69 Å². The van der Waals surface area contributed by atoms with Crippen LogP contribution in [0.2, 0.25) is 0 Å². The second kappa shape index (κ2) is 6.56. The van der Waals surface area contributed by atoms with Crippen LogP contribution in [0.4, 0.5) is 5.69 Å². The van der Waals surface area contributed by atoms with Gasteiger partial charge in [0.25, 0.3) is 5.56 Å². The number of rotatable bonds is 4. The Morgan fingerprint density at radius 3 is 2.71 bits per heavy atom. The van der Waals surface area contributed by atoms with Gasteiger partial charge < -0.3 is 4.90 Å². The molecule has 3 rings (SSSR count). The van der Waals surface area contributed by atoms with Crippen molar-refractivity contribution in [3.63, 3.8) is 0 Å². The molecule has 0 fully saturated rings. The van der Waals surface area contributed by atoms with E-state index in [1.165, 1.54) is 6.07 Å². The van der Waals surface area contributed by atoms with E-state index in [1.54, 1.807) is 21.6 Å². The molecule has 0 spiro atoms. The number of hydrogen-bond donors (Lipinski definition) is 0. The van der Waals surface area contributed by atoms with Gasteiger partial charge in [0, 0.05) is 42.1 Å². The number of hydrogen-bond acceptors (Lipinski definition) is 5. The van der Waals surface area contributed by atoms with E-state index in [4.69, 9.17) is 0 Å². The molecule has 0 bridgehead atoms. The lowest BCUT2D eigenvalue weighted by molar-refractivity contribution is 0.509. The minimum Gasteiger partial charge on any atom is -0.376 e. The quantitative estimate of drug-likeness (QED) is 0.684. The maximum atomic E-state index is 12.1. The highest BCUT2D eigenvalue weighted by atomic mass is 79.9. The van der Waals surface area contributed by atoms with E-state index >= 15 is 0 Å². The minimum atomic E-state index is -0.0878. The zero-order valence-corrected chi connectivity index (χ0v) is 15.2. The molecule has 3 aromatic heterocycles. The Balaban J connectivity index is 1.89. The standard InChI is InChI=1S/C16H17BrN6O/c1-11-4-13(17)6-16(24)23(11)10-22-9-15(19-20-22)12-5-14(21(2)3)8-18-7-12/h4-9H,10H2,1-3H3. The van der Waals surface area contributed by atoms with Crippen molar-refractivity contribution in [3.8, 4) is 11.3 Å². The SMILES string of the molecule is Cc1cc(Br)cc(=O)n1Cn1cc(-c2cncc(N(C)C)c2)nn1. The molecule has 0 N–H and O–H groups in total. The van der Waals surface area contributed by atoms with E-state index in [0.29, 0.717) is 12.4 Å². The number of aryl methyl sites for hydroxylation is 1. The second-order valence-electron chi connectivity index (χ2n) is 5.69. The molecule has 8 heteroatoms. The average Bonchev–Trinajstić information content (AvgIpc) is 2.99. The van der Waals surface area contributed by atoms with Crippen LogP contribution < -0.4 is 10.5 Å². The average molecular weight is 389 g/mol. The van der Waals surface area contributed by atoms with Crippen molar-refractivity contribution in [2.45, 2.75) is 13.6 Å². The summed E-state index contributed by atoms with van der Waals surface area (Å²) in [6.45, 7) is 2.19. The first kappa shape index (κ1) is 16.4. The highest BCUT2D eigenvalue weighted by Crippen LogP contribution is 2.20. The Kier molecular flexibility index (Phi) is 4.48. The molecule has 3 aromatic rings. The first-order valence-electron chi connectivity index (χ1n) is 7.34. The maximum absolute atomic E-state index is 12.1. The highest BCUT2D eigenvalue weighted by Gasteiger charge is 2.08. The number of nitrogens with zero attached hydrogens (tertiary/aromatic N) is 6. The van der Waals surface area contributed by atoms with Gasteiger partial charge in [-0.2, -0.15) is 0 Å². The fourth-order valence-electron chi connectivity index (χ4n) is 2.33. The third kappa shape index (κ3) is 3.38. The lowest BCUT2D eigenvalue weighted by atomic mass is 10.2.